The molecule has 2 N–H and O–H groups in total. The molecule has 2 aromatic rings. The van der Waals surface area contributed by atoms with E-state index in [9.17, 15) is 4.79 Å². The van der Waals surface area contributed by atoms with Crippen LogP contribution in [0.5, 0.6) is 0 Å². The summed E-state index contributed by atoms with van der Waals surface area (Å²) in [6, 6.07) is 12.6. The van der Waals surface area contributed by atoms with Crippen molar-refractivity contribution >= 4 is 6.03 Å². The molecule has 0 bridgehead atoms. The minimum Gasteiger partial charge on any atom is -0.335 e. The molecular formula is C18H24N4O. The summed E-state index contributed by atoms with van der Waals surface area (Å²) in [6.07, 6.45) is 2.82. The van der Waals surface area contributed by atoms with Gasteiger partial charge in [0, 0.05) is 24.7 Å². The fourth-order valence-electron chi connectivity index (χ4n) is 3.27. The van der Waals surface area contributed by atoms with Gasteiger partial charge in [0.15, 0.2) is 0 Å². The Morgan fingerprint density at radius 2 is 2.22 bits per heavy atom. The van der Waals surface area contributed by atoms with Crippen LogP contribution >= 0.6 is 0 Å². The molecule has 1 aliphatic rings. The van der Waals surface area contributed by atoms with Gasteiger partial charge in [0.25, 0.3) is 0 Å². The summed E-state index contributed by atoms with van der Waals surface area (Å²) in [5.41, 5.74) is 3.24. The van der Waals surface area contributed by atoms with Crippen molar-refractivity contribution in [2.24, 2.45) is 0 Å². The van der Waals surface area contributed by atoms with Crippen LogP contribution in [0.3, 0.4) is 0 Å². The number of carbonyl (C=O) groups is 1. The number of H-pyrrole nitrogens is 1. The Bertz CT molecular complexity index is 652. The zero-order chi connectivity index (χ0) is 16.2. The monoisotopic (exact) mass is 312 g/mol. The molecule has 2 atom stereocenters. The van der Waals surface area contributed by atoms with Crippen LogP contribution in [-0.2, 0) is 6.42 Å². The van der Waals surface area contributed by atoms with Crippen LogP contribution in [0.4, 0.5) is 4.79 Å². The SMILES string of the molecule is Cc1cc(CC(C)NC(=O)N2CCCC2c2ccccc2)n[nH]1. The van der Waals surface area contributed by atoms with Gasteiger partial charge in [0.05, 0.1) is 11.7 Å². The van der Waals surface area contributed by atoms with E-state index in [1.165, 1.54) is 5.56 Å². The fourth-order valence-corrected chi connectivity index (χ4v) is 3.27. The number of nitrogens with zero attached hydrogens (tertiary/aromatic N) is 2. The number of hydrogen-bond acceptors (Lipinski definition) is 2. The molecule has 2 unspecified atom stereocenters. The number of likely N-dealkylation sites (tertiary alicyclic amines) is 1. The molecule has 1 aromatic carbocycles. The standard InChI is InChI=1S/C18H24N4O/c1-13(11-16-12-14(2)20-21-16)19-18(23)22-10-6-9-17(22)15-7-4-3-5-8-15/h3-5,7-8,12-13,17H,6,9-11H2,1-2H3,(H,19,23)(H,20,21). The van der Waals surface area contributed by atoms with Gasteiger partial charge in [-0.2, -0.15) is 5.10 Å². The van der Waals surface area contributed by atoms with Crippen molar-refractivity contribution in [3.05, 3.63) is 53.3 Å². The summed E-state index contributed by atoms with van der Waals surface area (Å²) >= 11 is 0. The van der Waals surface area contributed by atoms with Gasteiger partial charge in [-0.05, 0) is 38.3 Å². The summed E-state index contributed by atoms with van der Waals surface area (Å²) in [5, 5.41) is 10.3. The normalized spacial score (nSPS) is 18.9. The van der Waals surface area contributed by atoms with E-state index in [0.29, 0.717) is 0 Å². The number of urea groups is 1. The van der Waals surface area contributed by atoms with E-state index in [4.69, 9.17) is 0 Å². The Balaban J connectivity index is 1.60. The van der Waals surface area contributed by atoms with Crippen LogP contribution in [0, 0.1) is 6.92 Å². The fraction of sp³-hybridized carbons (Fsp3) is 0.444. The topological polar surface area (TPSA) is 61.0 Å². The second-order valence-electron chi connectivity index (χ2n) is 6.36. The quantitative estimate of drug-likeness (QED) is 0.911. The van der Waals surface area contributed by atoms with Gasteiger partial charge in [-0.15, -0.1) is 0 Å². The van der Waals surface area contributed by atoms with E-state index in [1.807, 2.05) is 43.0 Å². The van der Waals surface area contributed by atoms with Crippen LogP contribution in [0.15, 0.2) is 36.4 Å². The number of carbonyl (C=O) groups excluding carboxylic acids is 1. The van der Waals surface area contributed by atoms with Gasteiger partial charge < -0.3 is 10.2 Å². The molecule has 2 heterocycles. The minimum absolute atomic E-state index is 0.0242. The number of amides is 2. The maximum atomic E-state index is 12.6. The highest BCUT2D eigenvalue weighted by Crippen LogP contribution is 2.31. The molecule has 1 aliphatic heterocycles. The van der Waals surface area contributed by atoms with Crippen molar-refractivity contribution in [1.82, 2.24) is 20.4 Å². The lowest BCUT2D eigenvalue weighted by atomic mass is 10.1. The number of rotatable bonds is 4. The average Bonchev–Trinajstić information content (AvgIpc) is 3.17. The third kappa shape index (κ3) is 3.73. The zero-order valence-corrected chi connectivity index (χ0v) is 13.7. The summed E-state index contributed by atoms with van der Waals surface area (Å²) < 4.78 is 0. The largest absolute Gasteiger partial charge is 0.335 e. The van der Waals surface area contributed by atoms with E-state index < -0.39 is 0 Å². The molecule has 0 aliphatic carbocycles. The Labute approximate surface area is 137 Å². The highest BCUT2D eigenvalue weighted by Gasteiger charge is 2.30. The van der Waals surface area contributed by atoms with Crippen molar-refractivity contribution in [3.63, 3.8) is 0 Å². The lowest BCUT2D eigenvalue weighted by Crippen LogP contribution is -2.44. The van der Waals surface area contributed by atoms with Crippen LogP contribution in [0.1, 0.15) is 42.8 Å². The number of benzene rings is 1. The smallest absolute Gasteiger partial charge is 0.318 e. The zero-order valence-electron chi connectivity index (χ0n) is 13.7. The highest BCUT2D eigenvalue weighted by atomic mass is 16.2. The van der Waals surface area contributed by atoms with E-state index in [1.54, 1.807) is 0 Å². The van der Waals surface area contributed by atoms with Crippen LogP contribution in [-0.4, -0.2) is 33.7 Å². The molecule has 5 nitrogen and oxygen atoms in total. The van der Waals surface area contributed by atoms with E-state index in [2.05, 4.69) is 27.6 Å². The second-order valence-corrected chi connectivity index (χ2v) is 6.36. The molecule has 0 radical (unpaired) electrons. The summed E-state index contributed by atoms with van der Waals surface area (Å²) in [7, 11) is 0. The maximum absolute atomic E-state index is 12.6. The van der Waals surface area contributed by atoms with E-state index in [0.717, 1.165) is 37.2 Å². The van der Waals surface area contributed by atoms with Crippen LogP contribution in [0.25, 0.3) is 0 Å². The molecule has 3 rings (SSSR count). The average molecular weight is 312 g/mol. The van der Waals surface area contributed by atoms with Gasteiger partial charge in [-0.1, -0.05) is 30.3 Å². The predicted molar refractivity (Wildman–Crippen MR) is 90.1 cm³/mol. The third-order valence-corrected chi connectivity index (χ3v) is 4.34. The summed E-state index contributed by atoms with van der Waals surface area (Å²) in [5.74, 6) is 0. The van der Waals surface area contributed by atoms with Crippen molar-refractivity contribution in [3.8, 4) is 0 Å². The Morgan fingerprint density at radius 3 is 2.91 bits per heavy atom. The molecule has 23 heavy (non-hydrogen) atoms. The van der Waals surface area contributed by atoms with E-state index >= 15 is 0 Å². The van der Waals surface area contributed by atoms with Crippen molar-refractivity contribution in [2.75, 3.05) is 6.54 Å². The molecule has 0 saturated carbocycles. The first-order valence-electron chi connectivity index (χ1n) is 8.26. The van der Waals surface area contributed by atoms with Crippen molar-refractivity contribution in [1.29, 1.82) is 0 Å². The number of aromatic amines is 1. The van der Waals surface area contributed by atoms with Gasteiger partial charge in [0.1, 0.15) is 0 Å². The molecule has 0 spiro atoms. The first-order valence-corrected chi connectivity index (χ1v) is 8.26. The number of hydrogen-bond donors (Lipinski definition) is 2. The first kappa shape index (κ1) is 15.6. The number of nitrogens with one attached hydrogen (secondary N) is 2. The van der Waals surface area contributed by atoms with Gasteiger partial charge >= 0.3 is 6.03 Å². The second kappa shape index (κ2) is 6.86. The van der Waals surface area contributed by atoms with Gasteiger partial charge in [-0.25, -0.2) is 4.79 Å². The molecule has 2 amide bonds. The Hall–Kier alpha value is -2.30. The van der Waals surface area contributed by atoms with Crippen LogP contribution < -0.4 is 5.32 Å². The first-order chi connectivity index (χ1) is 11.1. The molecule has 1 aromatic heterocycles. The highest BCUT2D eigenvalue weighted by molar-refractivity contribution is 5.75. The predicted octanol–water partition coefficient (Wildman–Crippen LogP) is 3.20. The summed E-state index contributed by atoms with van der Waals surface area (Å²) in [4.78, 5) is 14.6. The van der Waals surface area contributed by atoms with Crippen molar-refractivity contribution < 1.29 is 4.79 Å². The Kier molecular flexibility index (Phi) is 4.65. The van der Waals surface area contributed by atoms with Gasteiger partial charge in [-0.3, -0.25) is 5.10 Å². The molecule has 1 fully saturated rings. The Morgan fingerprint density at radius 1 is 1.43 bits per heavy atom. The lowest BCUT2D eigenvalue weighted by molar-refractivity contribution is 0.189. The molecule has 1 saturated heterocycles. The molecule has 5 heteroatoms. The minimum atomic E-state index is 0.0242. The van der Waals surface area contributed by atoms with E-state index in [-0.39, 0.29) is 18.1 Å². The lowest BCUT2D eigenvalue weighted by Gasteiger charge is -2.27. The van der Waals surface area contributed by atoms with Crippen molar-refractivity contribution in [2.45, 2.75) is 45.2 Å². The number of aromatic nitrogens is 2. The summed E-state index contributed by atoms with van der Waals surface area (Å²) in [6.45, 7) is 4.82. The molecular weight excluding hydrogens is 288 g/mol. The maximum Gasteiger partial charge on any atom is 0.318 e. The molecule has 122 valence electrons. The third-order valence-electron chi connectivity index (χ3n) is 4.34. The van der Waals surface area contributed by atoms with Gasteiger partial charge in [0.2, 0.25) is 0 Å². The number of aryl methyl sites for hydroxylation is 1. The van der Waals surface area contributed by atoms with Crippen LogP contribution in [0.2, 0.25) is 0 Å².